The van der Waals surface area contributed by atoms with E-state index in [0.29, 0.717) is 36.4 Å². The molecule has 87 heavy (non-hydrogen) atoms. The number of hydrogen-bond donors (Lipinski definition) is 6. The largest absolute Gasteiger partial charge is 0.497 e. The molecule has 0 bridgehead atoms. The number of aromatic nitrogens is 12. The van der Waals surface area contributed by atoms with Crippen molar-refractivity contribution >= 4 is 52.4 Å². The zero-order valence-corrected chi connectivity index (χ0v) is 48.2. The third kappa shape index (κ3) is 12.9. The molecule has 434 valence electrons. The molecule has 20 nitrogen and oxygen atoms in total. The van der Waals surface area contributed by atoms with Gasteiger partial charge in [0.25, 0.3) is 0 Å². The van der Waals surface area contributed by atoms with Gasteiger partial charge in [-0.05, 0) is 123 Å². The summed E-state index contributed by atoms with van der Waals surface area (Å²) in [6.07, 6.45) is 24.0. The normalized spacial score (nSPS) is 11.6. The van der Waals surface area contributed by atoms with Crippen molar-refractivity contribution in [3.8, 4) is 72.9 Å². The fraction of sp³-hybridized carbons (Fsp3) is 0.182. The molecule has 0 fully saturated rings. The molecule has 2 aromatic carbocycles. The first kappa shape index (κ1) is 56.5. The van der Waals surface area contributed by atoms with Crippen LogP contribution in [-0.4, -0.2) is 111 Å². The minimum Gasteiger partial charge on any atom is -0.497 e. The molecule has 0 spiro atoms. The molecule has 0 unspecified atom stereocenters. The molecule has 3 aliphatic rings. The van der Waals surface area contributed by atoms with Crippen LogP contribution in [0, 0.1) is 5.82 Å². The van der Waals surface area contributed by atoms with Crippen LogP contribution >= 0.6 is 0 Å². The second-order valence-electron chi connectivity index (χ2n) is 20.3. The average Bonchev–Trinajstić information content (AvgIpc) is 2.09. The van der Waals surface area contributed by atoms with Crippen molar-refractivity contribution in [3.05, 3.63) is 194 Å². The molecular weight excluding hydrogens is 1090 g/mol. The van der Waals surface area contributed by atoms with Gasteiger partial charge in [-0.25, -0.2) is 49.2 Å². The molecule has 0 saturated carbocycles. The van der Waals surface area contributed by atoms with Crippen molar-refractivity contribution in [2.24, 2.45) is 0 Å². The van der Waals surface area contributed by atoms with Crippen molar-refractivity contribution in [1.82, 2.24) is 64.7 Å². The molecule has 0 saturated heterocycles. The topological polar surface area (TPSA) is 239 Å². The average molecular weight is 1160 g/mol. The van der Waals surface area contributed by atoms with E-state index >= 15 is 0 Å². The van der Waals surface area contributed by atoms with Crippen LogP contribution in [0.2, 0.25) is 0 Å². The van der Waals surface area contributed by atoms with Crippen molar-refractivity contribution < 1.29 is 9.13 Å². The number of rotatable bonds is 16. The Kier molecular flexibility index (Phi) is 17.4. The molecule has 14 rings (SSSR count). The Morgan fingerprint density at radius 3 is 1.31 bits per heavy atom. The highest BCUT2D eigenvalue weighted by atomic mass is 19.1. The summed E-state index contributed by atoms with van der Waals surface area (Å²) in [5.74, 6) is 4.64. The second kappa shape index (κ2) is 26.8. The summed E-state index contributed by atoms with van der Waals surface area (Å²) in [6.45, 7) is 9.71. The summed E-state index contributed by atoms with van der Waals surface area (Å²) in [5, 5.41) is 20.0. The highest BCUT2D eigenvalue weighted by molar-refractivity contribution is 5.98. The highest BCUT2D eigenvalue weighted by Crippen LogP contribution is 2.45. The van der Waals surface area contributed by atoms with Crippen LogP contribution in [0.15, 0.2) is 177 Å². The third-order valence-corrected chi connectivity index (χ3v) is 15.0. The number of fused-ring (bicyclic) bond motifs is 15. The maximum Gasteiger partial charge on any atom is 0.223 e. The van der Waals surface area contributed by atoms with Gasteiger partial charge in [-0.15, -0.1) is 0 Å². The first-order valence-corrected chi connectivity index (χ1v) is 28.8. The number of pyridine rings is 6. The van der Waals surface area contributed by atoms with Crippen molar-refractivity contribution in [3.63, 3.8) is 0 Å². The minimum atomic E-state index is -0.201. The summed E-state index contributed by atoms with van der Waals surface area (Å²) < 4.78 is 19.0. The van der Waals surface area contributed by atoms with Crippen LogP contribution in [0.25, 0.3) is 67.2 Å². The Balaban J connectivity index is 0.000000127. The predicted octanol–water partition coefficient (Wildman–Crippen LogP) is 12.6. The lowest BCUT2D eigenvalue weighted by atomic mass is 10.0. The number of halogens is 1. The van der Waals surface area contributed by atoms with Gasteiger partial charge in [0, 0.05) is 125 Å². The zero-order chi connectivity index (χ0) is 59.3. The summed E-state index contributed by atoms with van der Waals surface area (Å²) in [7, 11) is 1.67. The number of methoxy groups -OCH3 is 1. The first-order chi connectivity index (χ1) is 42.9. The summed E-state index contributed by atoms with van der Waals surface area (Å²) >= 11 is 0. The van der Waals surface area contributed by atoms with Crippen LogP contribution in [0.4, 0.5) is 56.8 Å². The van der Waals surface area contributed by atoms with E-state index in [1.165, 1.54) is 11.6 Å². The second-order valence-corrected chi connectivity index (χ2v) is 20.3. The number of nitrogens with zero attached hydrogens (tertiary/aromatic N) is 13. The van der Waals surface area contributed by atoms with E-state index < -0.39 is 0 Å². The maximum absolute atomic E-state index is 13.8. The van der Waals surface area contributed by atoms with Crippen LogP contribution in [-0.2, 0) is 12.8 Å². The third-order valence-electron chi connectivity index (χ3n) is 15.0. The van der Waals surface area contributed by atoms with E-state index in [2.05, 4.69) is 108 Å². The molecule has 6 N–H and O–H groups in total. The maximum atomic E-state index is 13.8. The predicted molar refractivity (Wildman–Crippen MR) is 340 cm³/mol. The van der Waals surface area contributed by atoms with Crippen LogP contribution < -0.4 is 36.6 Å². The molecule has 0 aliphatic carbocycles. The van der Waals surface area contributed by atoms with Crippen LogP contribution in [0.1, 0.15) is 31.4 Å². The number of ether oxygens (including phenoxy) is 1. The standard InChI is InChI=1S/C23H20N6O.C22H17FN6.C21H25N7/c1-30-16-6-4-15(5-7-16)8-12-26-23-27-13-19-17-9-11-24-14-20(17)28-22-18(21(19)29-23)3-2-10-25-22;23-18-6-2-1-4-14(18)7-11-26-22-27-12-17-15-8-10-24-13-19(15)28-21-16(20(17)29-22)5-3-9-25-21;1-3-28(4-2)12-6-10-24-21-25-13-17-15-8-11-22-14-18(15)26-20-16(19(17)27-21)7-5-9-23-20/h2-7,9-11,13-14H,8,12H2,1H3,(H,25,28)(H,26,27,29);1-6,8-10,12-13H,7,11H2,(H,25,28)(H,26,27,29);5,7-9,11,13-14H,3-4,6,10,12H2,1-2H3,(H,23,26)(H,24,25,27). The SMILES string of the molecule is CCN(CC)CCCNc1ncc2c(n1)-c1cccnc1Nc1cnccc1-2.COc1ccc(CCNc2ncc3c(n2)-c2cccnc2Nc2cnccc2-3)cc1.Fc1ccccc1CCNc1ncc2c(n1)-c1cccnc1Nc1cnccc1-2. The number of hydrogen-bond acceptors (Lipinski definition) is 20. The van der Waals surface area contributed by atoms with Crippen molar-refractivity contribution in [2.75, 3.05) is 78.3 Å². The van der Waals surface area contributed by atoms with Gasteiger partial charge >= 0.3 is 0 Å². The van der Waals surface area contributed by atoms with Crippen LogP contribution in [0.5, 0.6) is 5.75 Å². The monoisotopic (exact) mass is 1160 g/mol. The zero-order valence-electron chi connectivity index (χ0n) is 48.2. The number of benzene rings is 2. The Bertz CT molecular complexity index is 4190. The van der Waals surface area contributed by atoms with Gasteiger partial charge in [0.2, 0.25) is 17.8 Å². The van der Waals surface area contributed by atoms with Crippen molar-refractivity contribution in [2.45, 2.75) is 33.1 Å². The molecule has 0 amide bonds. The Morgan fingerprint density at radius 2 is 0.874 bits per heavy atom. The Morgan fingerprint density at radius 1 is 0.437 bits per heavy atom. The lowest BCUT2D eigenvalue weighted by Crippen LogP contribution is -2.25. The van der Waals surface area contributed by atoms with E-state index in [1.807, 2.05) is 91.4 Å². The van der Waals surface area contributed by atoms with E-state index in [1.54, 1.807) is 75.0 Å². The van der Waals surface area contributed by atoms with Gasteiger partial charge in [0.15, 0.2) is 0 Å². The Labute approximate surface area is 502 Å². The van der Waals surface area contributed by atoms with Gasteiger partial charge in [0.05, 0.1) is 59.8 Å². The number of nitrogens with one attached hydrogen (secondary N) is 6. The van der Waals surface area contributed by atoms with Gasteiger partial charge in [-0.2, -0.15) is 0 Å². The van der Waals surface area contributed by atoms with Gasteiger partial charge in [-0.3, -0.25) is 15.0 Å². The molecule has 12 heterocycles. The van der Waals surface area contributed by atoms with E-state index in [4.69, 9.17) is 19.7 Å². The molecule has 0 radical (unpaired) electrons. The van der Waals surface area contributed by atoms with E-state index in [-0.39, 0.29) is 5.82 Å². The summed E-state index contributed by atoms with van der Waals surface area (Å²) in [5.41, 5.74) is 15.6. The smallest absolute Gasteiger partial charge is 0.223 e. The van der Waals surface area contributed by atoms with Gasteiger partial charge < -0.3 is 41.5 Å². The Hall–Kier alpha value is -10.9. The van der Waals surface area contributed by atoms with E-state index in [0.717, 1.165) is 153 Å². The van der Waals surface area contributed by atoms with Crippen molar-refractivity contribution in [1.29, 1.82) is 0 Å². The van der Waals surface area contributed by atoms with Crippen LogP contribution in [0.3, 0.4) is 0 Å². The highest BCUT2D eigenvalue weighted by Gasteiger charge is 2.25. The van der Waals surface area contributed by atoms with E-state index in [9.17, 15) is 4.39 Å². The lowest BCUT2D eigenvalue weighted by molar-refractivity contribution is 0.303. The molecule has 3 aliphatic heterocycles. The first-order valence-electron chi connectivity index (χ1n) is 28.8. The fourth-order valence-electron chi connectivity index (χ4n) is 10.4. The molecule has 21 heteroatoms. The summed E-state index contributed by atoms with van der Waals surface area (Å²) in [4.78, 5) is 56.5. The minimum absolute atomic E-state index is 0.201. The van der Waals surface area contributed by atoms with Gasteiger partial charge in [0.1, 0.15) is 29.0 Å². The molecular formula is C66H62FN19O. The molecule has 11 aromatic rings. The number of anilines is 9. The summed E-state index contributed by atoms with van der Waals surface area (Å²) in [6, 6.07) is 32.5. The molecule has 0 atom stereocenters. The fourth-order valence-corrected chi connectivity index (χ4v) is 10.4. The lowest BCUT2D eigenvalue weighted by Gasteiger charge is -2.17. The quantitative estimate of drug-likeness (QED) is 0.0493. The molecule has 9 aromatic heterocycles. The van der Waals surface area contributed by atoms with Gasteiger partial charge in [-0.1, -0.05) is 44.2 Å².